The maximum absolute atomic E-state index is 13.1. The van der Waals surface area contributed by atoms with Crippen molar-refractivity contribution in [2.24, 2.45) is 35.5 Å². The second-order valence-corrected chi connectivity index (χ2v) is 8.52. The number of hydrogen-bond acceptors (Lipinski definition) is 4. The van der Waals surface area contributed by atoms with E-state index in [4.69, 9.17) is 4.74 Å². The predicted octanol–water partition coefficient (Wildman–Crippen LogP) is 2.65. The zero-order valence-corrected chi connectivity index (χ0v) is 15.7. The Morgan fingerprint density at radius 1 is 1.04 bits per heavy atom. The maximum Gasteiger partial charge on any atom is 0.334 e. The monoisotopic (exact) mass is 365 g/mol. The molecule has 0 unspecified atom stereocenters. The first-order valence-electron chi connectivity index (χ1n) is 9.73. The summed E-state index contributed by atoms with van der Waals surface area (Å²) in [6.07, 6.45) is 5.39. The molecule has 5 aliphatic rings. The van der Waals surface area contributed by atoms with Crippen LogP contribution in [0.3, 0.4) is 0 Å². The number of esters is 1. The Morgan fingerprint density at radius 2 is 1.56 bits per heavy atom. The van der Waals surface area contributed by atoms with Gasteiger partial charge >= 0.3 is 5.97 Å². The number of benzene rings is 1. The van der Waals surface area contributed by atoms with Crippen LogP contribution in [0.4, 0.5) is 0 Å². The Morgan fingerprint density at radius 3 is 2.07 bits per heavy atom. The molecule has 1 aromatic rings. The highest BCUT2D eigenvalue weighted by Crippen LogP contribution is 2.65. The first-order valence-corrected chi connectivity index (χ1v) is 9.73. The molecule has 1 aromatic carbocycles. The molecule has 1 saturated heterocycles. The lowest BCUT2D eigenvalue weighted by atomic mass is 9.63. The van der Waals surface area contributed by atoms with E-state index >= 15 is 0 Å². The number of carbonyl (C=O) groups excluding carboxylic acids is 3. The lowest BCUT2D eigenvalue weighted by molar-refractivity contribution is -0.152. The van der Waals surface area contributed by atoms with Crippen LogP contribution < -0.4 is 4.74 Å². The normalized spacial score (nSPS) is 36.5. The predicted molar refractivity (Wildman–Crippen MR) is 97.6 cm³/mol. The van der Waals surface area contributed by atoms with E-state index in [9.17, 15) is 14.4 Å². The summed E-state index contributed by atoms with van der Waals surface area (Å²) in [5.74, 6) is 0.415. The number of imide groups is 1. The van der Waals surface area contributed by atoms with E-state index in [1.165, 1.54) is 4.90 Å². The summed E-state index contributed by atoms with van der Waals surface area (Å²) in [5.41, 5.74) is 1.70. The Bertz CT molecular complexity index is 847. The Hall–Kier alpha value is -2.43. The standard InChI is InChI=1S/C22H23NO4/c1-10-5-4-6-11(2)19(10)27-22(26)12(3)23-20(24)17-13-7-8-14(16-9-15(13)16)18(17)21(23)25/h4-8,12-18H,9H2,1-3H3/t12-,13-,14+,15+,16-,17-,18+/m0/s1. The van der Waals surface area contributed by atoms with E-state index < -0.39 is 12.0 Å². The van der Waals surface area contributed by atoms with Crippen molar-refractivity contribution >= 4 is 17.8 Å². The minimum Gasteiger partial charge on any atom is -0.424 e. The van der Waals surface area contributed by atoms with Crippen molar-refractivity contribution in [1.29, 1.82) is 0 Å². The molecule has 140 valence electrons. The van der Waals surface area contributed by atoms with E-state index in [1.807, 2.05) is 32.0 Å². The molecule has 3 fully saturated rings. The molecular weight excluding hydrogens is 342 g/mol. The molecule has 5 heteroatoms. The SMILES string of the molecule is Cc1cccc(C)c1OC(=O)[C@H](C)N1C(=O)[C@@H]2[C@@H]3C=C[C@@H]([C@H]4C[C@@H]34)[C@@H]2C1=O. The smallest absolute Gasteiger partial charge is 0.334 e. The van der Waals surface area contributed by atoms with Gasteiger partial charge in [0, 0.05) is 0 Å². The van der Waals surface area contributed by atoms with Crippen LogP contribution in [0.15, 0.2) is 30.4 Å². The number of carbonyl (C=O) groups is 3. The molecule has 2 bridgehead atoms. The van der Waals surface area contributed by atoms with Crippen LogP contribution in [0.5, 0.6) is 5.75 Å². The van der Waals surface area contributed by atoms with Crippen molar-refractivity contribution in [2.75, 3.05) is 0 Å². The molecular formula is C22H23NO4. The fraction of sp³-hybridized carbons (Fsp3) is 0.500. The van der Waals surface area contributed by atoms with Gasteiger partial charge < -0.3 is 4.74 Å². The van der Waals surface area contributed by atoms with Gasteiger partial charge in [-0.2, -0.15) is 0 Å². The van der Waals surface area contributed by atoms with Crippen LogP contribution in [0, 0.1) is 49.4 Å². The number of amides is 2. The van der Waals surface area contributed by atoms with Crippen LogP contribution in [-0.4, -0.2) is 28.7 Å². The highest BCUT2D eigenvalue weighted by molar-refractivity contribution is 6.08. The van der Waals surface area contributed by atoms with Crippen LogP contribution in [0.25, 0.3) is 0 Å². The minimum atomic E-state index is -0.912. The number of para-hydroxylation sites is 1. The molecule has 1 aliphatic heterocycles. The average molecular weight is 365 g/mol. The van der Waals surface area contributed by atoms with E-state index in [2.05, 4.69) is 12.2 Å². The van der Waals surface area contributed by atoms with Crippen LogP contribution >= 0.6 is 0 Å². The highest BCUT2D eigenvalue weighted by Gasteiger charge is 2.67. The van der Waals surface area contributed by atoms with Gasteiger partial charge in [-0.1, -0.05) is 30.4 Å². The number of allylic oxidation sites excluding steroid dienone is 2. The molecule has 2 saturated carbocycles. The largest absolute Gasteiger partial charge is 0.424 e. The van der Waals surface area contributed by atoms with Gasteiger partial charge in [0.15, 0.2) is 0 Å². The number of ether oxygens (including phenoxy) is 1. The first kappa shape index (κ1) is 16.7. The van der Waals surface area contributed by atoms with Crippen LogP contribution in [0.2, 0.25) is 0 Å². The van der Waals surface area contributed by atoms with Crippen molar-refractivity contribution in [3.63, 3.8) is 0 Å². The third-order valence-corrected chi connectivity index (χ3v) is 7.04. The van der Waals surface area contributed by atoms with Crippen LogP contribution in [0.1, 0.15) is 24.5 Å². The first-order chi connectivity index (χ1) is 12.9. The Balaban J connectivity index is 1.40. The molecule has 27 heavy (non-hydrogen) atoms. The summed E-state index contributed by atoms with van der Waals surface area (Å²) in [6, 6.07) is 4.73. The second kappa shape index (κ2) is 5.54. The van der Waals surface area contributed by atoms with Gasteiger partial charge in [0.25, 0.3) is 0 Å². The average Bonchev–Trinajstić information content (AvgIpc) is 3.42. The van der Waals surface area contributed by atoms with Gasteiger partial charge in [-0.15, -0.1) is 0 Å². The van der Waals surface area contributed by atoms with E-state index in [1.54, 1.807) is 6.92 Å². The molecule has 0 spiro atoms. The summed E-state index contributed by atoms with van der Waals surface area (Å²) in [6.45, 7) is 5.34. The minimum absolute atomic E-state index is 0.160. The third kappa shape index (κ3) is 2.20. The van der Waals surface area contributed by atoms with E-state index in [-0.39, 0.29) is 35.5 Å². The number of likely N-dealkylation sites (tertiary alicyclic amines) is 1. The summed E-state index contributed by atoms with van der Waals surface area (Å²) < 4.78 is 5.60. The lowest BCUT2D eigenvalue weighted by Gasteiger charge is -2.37. The van der Waals surface area contributed by atoms with Crippen molar-refractivity contribution in [3.8, 4) is 5.75 Å². The molecule has 0 aromatic heterocycles. The number of aryl methyl sites for hydroxylation is 2. The van der Waals surface area contributed by atoms with Gasteiger partial charge in [-0.05, 0) is 62.0 Å². The molecule has 5 nitrogen and oxygen atoms in total. The van der Waals surface area contributed by atoms with Gasteiger partial charge in [0.1, 0.15) is 11.8 Å². The molecule has 6 rings (SSSR count). The molecule has 4 aliphatic carbocycles. The second-order valence-electron chi connectivity index (χ2n) is 8.52. The number of rotatable bonds is 3. The summed E-state index contributed by atoms with van der Waals surface area (Å²) in [5, 5.41) is 0. The topological polar surface area (TPSA) is 63.7 Å². The molecule has 1 heterocycles. The fourth-order valence-corrected chi connectivity index (χ4v) is 5.61. The summed E-state index contributed by atoms with van der Waals surface area (Å²) >= 11 is 0. The van der Waals surface area contributed by atoms with Gasteiger partial charge in [-0.3, -0.25) is 14.5 Å². The Kier molecular flexibility index (Phi) is 3.43. The van der Waals surface area contributed by atoms with Crippen LogP contribution in [-0.2, 0) is 14.4 Å². The van der Waals surface area contributed by atoms with Gasteiger partial charge in [-0.25, -0.2) is 4.79 Å². The van der Waals surface area contributed by atoms with Crippen molar-refractivity contribution < 1.29 is 19.1 Å². The number of nitrogens with zero attached hydrogens (tertiary/aromatic N) is 1. The van der Waals surface area contributed by atoms with Gasteiger partial charge in [0.05, 0.1) is 11.8 Å². The highest BCUT2D eigenvalue weighted by atomic mass is 16.5. The zero-order valence-electron chi connectivity index (χ0n) is 15.7. The summed E-state index contributed by atoms with van der Waals surface area (Å²) in [4.78, 5) is 40.2. The zero-order chi connectivity index (χ0) is 19.0. The van der Waals surface area contributed by atoms with Gasteiger partial charge in [0.2, 0.25) is 11.8 Å². The molecule has 0 radical (unpaired) electrons. The van der Waals surface area contributed by atoms with Crippen molar-refractivity contribution in [3.05, 3.63) is 41.5 Å². The lowest BCUT2D eigenvalue weighted by Crippen LogP contribution is -2.45. The molecule has 7 atom stereocenters. The third-order valence-electron chi connectivity index (χ3n) is 7.04. The summed E-state index contributed by atoms with van der Waals surface area (Å²) in [7, 11) is 0. The van der Waals surface area contributed by atoms with Crippen molar-refractivity contribution in [1.82, 2.24) is 4.90 Å². The fourth-order valence-electron chi connectivity index (χ4n) is 5.61. The molecule has 0 N–H and O–H groups in total. The number of hydrogen-bond donors (Lipinski definition) is 0. The maximum atomic E-state index is 13.1. The van der Waals surface area contributed by atoms with E-state index in [0.29, 0.717) is 17.6 Å². The molecule has 2 amide bonds. The Labute approximate surface area is 158 Å². The van der Waals surface area contributed by atoms with E-state index in [0.717, 1.165) is 17.5 Å². The quantitative estimate of drug-likeness (QED) is 0.358. The van der Waals surface area contributed by atoms with Crippen molar-refractivity contribution in [2.45, 2.75) is 33.2 Å².